The van der Waals surface area contributed by atoms with E-state index < -0.39 is 0 Å². The number of benzene rings is 3. The van der Waals surface area contributed by atoms with Gasteiger partial charge in [-0.05, 0) is 48.2 Å². The van der Waals surface area contributed by atoms with Crippen LogP contribution in [0.1, 0.15) is 42.0 Å². The first kappa shape index (κ1) is 19.2. The lowest BCUT2D eigenvalue weighted by Gasteiger charge is -2.26. The molecular formula is C25H29NO. The number of ether oxygens (including phenoxy) is 1. The Labute approximate surface area is 163 Å². The molecule has 3 aromatic rings. The van der Waals surface area contributed by atoms with E-state index in [2.05, 4.69) is 85.0 Å². The first-order chi connectivity index (χ1) is 13.3. The Balaban J connectivity index is 1.61. The fourth-order valence-electron chi connectivity index (χ4n) is 3.54. The Morgan fingerprint density at radius 1 is 0.778 bits per heavy atom. The molecule has 0 radical (unpaired) electrons. The van der Waals surface area contributed by atoms with E-state index in [0.717, 1.165) is 25.1 Å². The number of aryl methyl sites for hydroxylation is 1. The lowest BCUT2D eigenvalue weighted by atomic mass is 9.88. The molecule has 140 valence electrons. The summed E-state index contributed by atoms with van der Waals surface area (Å²) in [6.07, 6.45) is 2.18. The fraction of sp³-hybridized carbons (Fsp3) is 0.280. The van der Waals surface area contributed by atoms with Gasteiger partial charge in [-0.2, -0.15) is 0 Å². The topological polar surface area (TPSA) is 21.3 Å². The standard InChI is InChI=1S/C25H29NO/c1-20(22-11-5-3-6-12-22)25(23-13-7-4-8-14-23)26-19-9-10-21-15-17-24(27-2)18-16-21/h3-8,11-18,20,25-26H,9-10,19H2,1-2H3/t20-,25+/m1/s1. The van der Waals surface area contributed by atoms with Crippen molar-refractivity contribution in [3.05, 3.63) is 102 Å². The molecule has 0 aromatic heterocycles. The molecular weight excluding hydrogens is 330 g/mol. The molecule has 2 nitrogen and oxygen atoms in total. The normalized spacial score (nSPS) is 13.1. The van der Waals surface area contributed by atoms with Gasteiger partial charge in [-0.1, -0.05) is 79.7 Å². The van der Waals surface area contributed by atoms with Crippen LogP contribution in [-0.4, -0.2) is 13.7 Å². The van der Waals surface area contributed by atoms with Gasteiger partial charge in [0.25, 0.3) is 0 Å². The molecule has 0 saturated heterocycles. The fourth-order valence-corrected chi connectivity index (χ4v) is 3.54. The summed E-state index contributed by atoms with van der Waals surface area (Å²) < 4.78 is 5.23. The van der Waals surface area contributed by atoms with E-state index in [4.69, 9.17) is 4.74 Å². The molecule has 0 bridgehead atoms. The average Bonchev–Trinajstić information content (AvgIpc) is 2.75. The molecule has 3 aromatic carbocycles. The van der Waals surface area contributed by atoms with Gasteiger partial charge in [0.05, 0.1) is 7.11 Å². The van der Waals surface area contributed by atoms with E-state index in [1.54, 1.807) is 7.11 Å². The van der Waals surface area contributed by atoms with Crippen molar-refractivity contribution in [3.8, 4) is 5.75 Å². The summed E-state index contributed by atoms with van der Waals surface area (Å²) in [5.41, 5.74) is 4.07. The SMILES string of the molecule is COc1ccc(CCCN[C@H](c2ccccc2)[C@H](C)c2ccccc2)cc1. The van der Waals surface area contributed by atoms with Gasteiger partial charge in [0.2, 0.25) is 0 Å². The highest BCUT2D eigenvalue weighted by Crippen LogP contribution is 2.30. The molecule has 0 aliphatic rings. The minimum Gasteiger partial charge on any atom is -0.497 e. The molecule has 0 heterocycles. The largest absolute Gasteiger partial charge is 0.497 e. The summed E-state index contributed by atoms with van der Waals surface area (Å²) in [6.45, 7) is 3.30. The number of methoxy groups -OCH3 is 1. The Bertz CT molecular complexity index is 784. The quantitative estimate of drug-likeness (QED) is 0.490. The van der Waals surface area contributed by atoms with Crippen LogP contribution in [0.2, 0.25) is 0 Å². The summed E-state index contributed by atoms with van der Waals surface area (Å²) in [4.78, 5) is 0. The summed E-state index contributed by atoms with van der Waals surface area (Å²) in [5, 5.41) is 3.80. The number of hydrogen-bond donors (Lipinski definition) is 1. The Hall–Kier alpha value is -2.58. The first-order valence-corrected chi connectivity index (χ1v) is 9.74. The second-order valence-electron chi connectivity index (χ2n) is 6.99. The summed E-state index contributed by atoms with van der Waals surface area (Å²) >= 11 is 0. The van der Waals surface area contributed by atoms with Gasteiger partial charge in [-0.15, -0.1) is 0 Å². The van der Waals surface area contributed by atoms with E-state index in [1.165, 1.54) is 16.7 Å². The van der Waals surface area contributed by atoms with Crippen molar-refractivity contribution < 1.29 is 4.74 Å². The maximum absolute atomic E-state index is 5.23. The van der Waals surface area contributed by atoms with Crippen molar-refractivity contribution in [2.24, 2.45) is 0 Å². The predicted molar refractivity (Wildman–Crippen MR) is 113 cm³/mol. The van der Waals surface area contributed by atoms with E-state index in [9.17, 15) is 0 Å². The van der Waals surface area contributed by atoms with Gasteiger partial charge < -0.3 is 10.1 Å². The lowest BCUT2D eigenvalue weighted by Crippen LogP contribution is -2.27. The summed E-state index contributed by atoms with van der Waals surface area (Å²) in [7, 11) is 1.70. The van der Waals surface area contributed by atoms with Gasteiger partial charge in [0.1, 0.15) is 5.75 Å². The number of rotatable bonds is 9. The van der Waals surface area contributed by atoms with Crippen LogP contribution in [-0.2, 0) is 6.42 Å². The van der Waals surface area contributed by atoms with Gasteiger partial charge >= 0.3 is 0 Å². The monoisotopic (exact) mass is 359 g/mol. The second kappa shape index (κ2) is 9.94. The number of hydrogen-bond acceptors (Lipinski definition) is 2. The van der Waals surface area contributed by atoms with Crippen LogP contribution in [0.3, 0.4) is 0 Å². The van der Waals surface area contributed by atoms with E-state index >= 15 is 0 Å². The molecule has 0 spiro atoms. The molecule has 0 unspecified atom stereocenters. The van der Waals surface area contributed by atoms with Gasteiger partial charge in [0.15, 0.2) is 0 Å². The molecule has 3 rings (SSSR count). The molecule has 0 aliphatic heterocycles. The highest BCUT2D eigenvalue weighted by atomic mass is 16.5. The average molecular weight is 360 g/mol. The third kappa shape index (κ3) is 5.45. The van der Waals surface area contributed by atoms with Crippen LogP contribution in [0.4, 0.5) is 0 Å². The highest BCUT2D eigenvalue weighted by molar-refractivity contribution is 5.28. The van der Waals surface area contributed by atoms with Gasteiger partial charge in [-0.3, -0.25) is 0 Å². The second-order valence-corrected chi connectivity index (χ2v) is 6.99. The van der Waals surface area contributed by atoms with Crippen molar-refractivity contribution in [3.63, 3.8) is 0 Å². The van der Waals surface area contributed by atoms with E-state index in [1.807, 2.05) is 12.1 Å². The molecule has 0 fully saturated rings. The summed E-state index contributed by atoms with van der Waals surface area (Å²) in [5.74, 6) is 1.33. The third-order valence-corrected chi connectivity index (χ3v) is 5.15. The van der Waals surface area contributed by atoms with Crippen molar-refractivity contribution in [2.45, 2.75) is 31.7 Å². The van der Waals surface area contributed by atoms with Crippen LogP contribution < -0.4 is 10.1 Å². The van der Waals surface area contributed by atoms with E-state index in [0.29, 0.717) is 12.0 Å². The first-order valence-electron chi connectivity index (χ1n) is 9.74. The maximum Gasteiger partial charge on any atom is 0.118 e. The Kier molecular flexibility index (Phi) is 7.06. The van der Waals surface area contributed by atoms with Crippen LogP contribution in [0.15, 0.2) is 84.9 Å². The zero-order valence-corrected chi connectivity index (χ0v) is 16.3. The minimum atomic E-state index is 0.310. The van der Waals surface area contributed by atoms with Crippen molar-refractivity contribution in [1.29, 1.82) is 0 Å². The molecule has 27 heavy (non-hydrogen) atoms. The predicted octanol–water partition coefficient (Wildman–Crippen LogP) is 5.76. The van der Waals surface area contributed by atoms with Crippen molar-refractivity contribution in [1.82, 2.24) is 5.32 Å². The van der Waals surface area contributed by atoms with Gasteiger partial charge in [0, 0.05) is 12.0 Å². The maximum atomic E-state index is 5.23. The molecule has 2 atom stereocenters. The highest BCUT2D eigenvalue weighted by Gasteiger charge is 2.19. The van der Waals surface area contributed by atoms with Crippen LogP contribution >= 0.6 is 0 Å². The Morgan fingerprint density at radius 3 is 1.96 bits per heavy atom. The van der Waals surface area contributed by atoms with E-state index in [-0.39, 0.29) is 0 Å². The zero-order chi connectivity index (χ0) is 18.9. The third-order valence-electron chi connectivity index (χ3n) is 5.15. The molecule has 2 heteroatoms. The smallest absolute Gasteiger partial charge is 0.118 e. The lowest BCUT2D eigenvalue weighted by molar-refractivity contribution is 0.414. The minimum absolute atomic E-state index is 0.310. The molecule has 0 saturated carbocycles. The van der Waals surface area contributed by atoms with Crippen molar-refractivity contribution in [2.75, 3.05) is 13.7 Å². The summed E-state index contributed by atoms with van der Waals surface area (Å²) in [6, 6.07) is 30.2. The Morgan fingerprint density at radius 2 is 1.37 bits per heavy atom. The number of nitrogens with one attached hydrogen (secondary N) is 1. The molecule has 1 N–H and O–H groups in total. The van der Waals surface area contributed by atoms with Crippen LogP contribution in [0, 0.1) is 0 Å². The molecule has 0 amide bonds. The van der Waals surface area contributed by atoms with Crippen molar-refractivity contribution >= 4 is 0 Å². The van der Waals surface area contributed by atoms with Crippen LogP contribution in [0.5, 0.6) is 5.75 Å². The van der Waals surface area contributed by atoms with Crippen LogP contribution in [0.25, 0.3) is 0 Å². The molecule has 0 aliphatic carbocycles. The van der Waals surface area contributed by atoms with Gasteiger partial charge in [-0.25, -0.2) is 0 Å². The zero-order valence-electron chi connectivity index (χ0n) is 16.3.